The maximum Gasteiger partial charge on any atom is 0.225 e. The quantitative estimate of drug-likeness (QED) is 0.920. The lowest BCUT2D eigenvalue weighted by Crippen LogP contribution is -2.36. The minimum atomic E-state index is 0.470. The van der Waals surface area contributed by atoms with Gasteiger partial charge in [0.05, 0.1) is 5.69 Å². The zero-order valence-corrected chi connectivity index (χ0v) is 12.7. The highest BCUT2D eigenvalue weighted by molar-refractivity contribution is 5.34. The van der Waals surface area contributed by atoms with Crippen molar-refractivity contribution >= 4 is 5.95 Å². The van der Waals surface area contributed by atoms with Gasteiger partial charge in [0.25, 0.3) is 0 Å². The van der Waals surface area contributed by atoms with E-state index in [-0.39, 0.29) is 0 Å². The molecule has 1 fully saturated rings. The summed E-state index contributed by atoms with van der Waals surface area (Å²) in [4.78, 5) is 11.2. The van der Waals surface area contributed by atoms with Crippen molar-refractivity contribution in [3.05, 3.63) is 17.5 Å². The summed E-state index contributed by atoms with van der Waals surface area (Å²) in [6.07, 6.45) is 12.5. The monoisotopic (exact) mass is 274 g/mol. The van der Waals surface area contributed by atoms with Crippen molar-refractivity contribution in [2.45, 2.75) is 63.5 Å². The summed E-state index contributed by atoms with van der Waals surface area (Å²) in [5.41, 5.74) is 2.59. The van der Waals surface area contributed by atoms with Gasteiger partial charge in [-0.2, -0.15) is 0 Å². The highest BCUT2D eigenvalue weighted by atomic mass is 15.2. The van der Waals surface area contributed by atoms with E-state index in [0.717, 1.165) is 12.4 Å². The summed E-state index contributed by atoms with van der Waals surface area (Å²) in [6.45, 7) is 0. The lowest BCUT2D eigenvalue weighted by molar-refractivity contribution is 0.319. The van der Waals surface area contributed by atoms with Gasteiger partial charge in [-0.05, 0) is 32.1 Å². The summed E-state index contributed by atoms with van der Waals surface area (Å²) in [6, 6.07) is 1.17. The summed E-state index contributed by atoms with van der Waals surface area (Å²) in [5.74, 6) is 0.835. The highest BCUT2D eigenvalue weighted by Gasteiger charge is 2.25. The van der Waals surface area contributed by atoms with Crippen molar-refractivity contribution in [1.82, 2.24) is 15.3 Å². The van der Waals surface area contributed by atoms with Crippen LogP contribution in [0.25, 0.3) is 0 Å². The fraction of sp³-hybridized carbons (Fsp3) is 0.750. The molecular formula is C16H26N4. The molecule has 4 nitrogen and oxygen atoms in total. The van der Waals surface area contributed by atoms with E-state index < -0.39 is 0 Å². The number of fused-ring (bicyclic) bond motifs is 1. The fourth-order valence-electron chi connectivity index (χ4n) is 3.48. The van der Waals surface area contributed by atoms with Crippen molar-refractivity contribution in [2.75, 3.05) is 19.0 Å². The van der Waals surface area contributed by atoms with Gasteiger partial charge in [-0.25, -0.2) is 9.97 Å². The lowest BCUT2D eigenvalue weighted by atomic mass is 9.89. The molecule has 0 unspecified atom stereocenters. The minimum Gasteiger partial charge on any atom is -0.347 e. The average molecular weight is 274 g/mol. The van der Waals surface area contributed by atoms with Crippen LogP contribution in [0.2, 0.25) is 0 Å². The first-order valence-corrected chi connectivity index (χ1v) is 8.03. The molecule has 0 bridgehead atoms. The van der Waals surface area contributed by atoms with Crippen LogP contribution in [0, 0.1) is 0 Å². The summed E-state index contributed by atoms with van der Waals surface area (Å²) in [7, 11) is 4.00. The lowest BCUT2D eigenvalue weighted by Gasteiger charge is -2.32. The normalized spacial score (nSPS) is 23.4. The molecule has 0 aromatic carbocycles. The van der Waals surface area contributed by atoms with Crippen LogP contribution in [-0.2, 0) is 6.42 Å². The molecule has 1 heterocycles. The van der Waals surface area contributed by atoms with Gasteiger partial charge < -0.3 is 10.2 Å². The van der Waals surface area contributed by atoms with Gasteiger partial charge >= 0.3 is 0 Å². The predicted octanol–water partition coefficient (Wildman–Crippen LogP) is 2.84. The zero-order chi connectivity index (χ0) is 13.9. The smallest absolute Gasteiger partial charge is 0.225 e. The van der Waals surface area contributed by atoms with Gasteiger partial charge in [-0.1, -0.05) is 19.3 Å². The molecular weight excluding hydrogens is 248 g/mol. The van der Waals surface area contributed by atoms with E-state index in [9.17, 15) is 0 Å². The first-order valence-electron chi connectivity index (χ1n) is 8.03. The number of aryl methyl sites for hydroxylation is 1. The molecule has 4 heteroatoms. The first kappa shape index (κ1) is 13.8. The van der Waals surface area contributed by atoms with Crippen molar-refractivity contribution in [1.29, 1.82) is 0 Å². The Hall–Kier alpha value is -1.16. The first-order chi connectivity index (χ1) is 9.74. The van der Waals surface area contributed by atoms with Crippen molar-refractivity contribution in [2.24, 2.45) is 0 Å². The van der Waals surface area contributed by atoms with Crippen molar-refractivity contribution < 1.29 is 0 Å². The molecule has 1 aromatic heterocycles. The molecule has 20 heavy (non-hydrogen) atoms. The number of nitrogens with zero attached hydrogens (tertiary/aromatic N) is 3. The molecule has 0 saturated heterocycles. The van der Waals surface area contributed by atoms with Gasteiger partial charge in [0.2, 0.25) is 5.95 Å². The number of rotatable bonds is 3. The Labute approximate surface area is 122 Å². The molecule has 1 atom stereocenters. The molecule has 0 spiro atoms. The van der Waals surface area contributed by atoms with E-state index in [1.807, 2.05) is 19.0 Å². The Kier molecular flexibility index (Phi) is 4.20. The maximum absolute atomic E-state index is 4.73. The van der Waals surface area contributed by atoms with E-state index in [1.54, 1.807) is 0 Å². The van der Waals surface area contributed by atoms with Crippen LogP contribution in [0.3, 0.4) is 0 Å². The van der Waals surface area contributed by atoms with Crippen LogP contribution in [-0.4, -0.2) is 30.1 Å². The molecule has 2 aliphatic rings. The zero-order valence-electron chi connectivity index (χ0n) is 12.7. The second kappa shape index (κ2) is 6.08. The Morgan fingerprint density at radius 2 is 1.90 bits per heavy atom. The Bertz CT molecular complexity index is 452. The highest BCUT2D eigenvalue weighted by Crippen LogP contribution is 2.31. The Balaban J connectivity index is 1.75. The third kappa shape index (κ3) is 2.95. The maximum atomic E-state index is 4.73. The number of hydrogen-bond acceptors (Lipinski definition) is 4. The standard InChI is InChI=1S/C16H26N4/c1-20(2)16-17-11-13-14(9-6-10-15(13)19-16)18-12-7-4-3-5-8-12/h11-12,14,18H,3-10H2,1-2H3/t14-/m1/s1. The number of anilines is 1. The molecule has 0 amide bonds. The molecule has 2 aliphatic carbocycles. The van der Waals surface area contributed by atoms with Gasteiger partial charge in [0.15, 0.2) is 0 Å². The van der Waals surface area contributed by atoms with Gasteiger partial charge in [0, 0.05) is 37.9 Å². The van der Waals surface area contributed by atoms with Crippen LogP contribution in [0.4, 0.5) is 5.95 Å². The van der Waals surface area contributed by atoms with Crippen molar-refractivity contribution in [3.63, 3.8) is 0 Å². The van der Waals surface area contributed by atoms with E-state index in [0.29, 0.717) is 12.1 Å². The second-order valence-electron chi connectivity index (χ2n) is 6.41. The Morgan fingerprint density at radius 3 is 2.65 bits per heavy atom. The van der Waals surface area contributed by atoms with E-state index >= 15 is 0 Å². The van der Waals surface area contributed by atoms with E-state index in [1.165, 1.54) is 56.2 Å². The van der Waals surface area contributed by atoms with Crippen LogP contribution in [0.1, 0.15) is 62.2 Å². The summed E-state index contributed by atoms with van der Waals surface area (Å²) < 4.78 is 0. The largest absolute Gasteiger partial charge is 0.347 e. The van der Waals surface area contributed by atoms with Gasteiger partial charge in [-0.15, -0.1) is 0 Å². The van der Waals surface area contributed by atoms with Gasteiger partial charge in [-0.3, -0.25) is 0 Å². The second-order valence-corrected chi connectivity index (χ2v) is 6.41. The van der Waals surface area contributed by atoms with Crippen LogP contribution >= 0.6 is 0 Å². The molecule has 0 radical (unpaired) electrons. The fourth-order valence-corrected chi connectivity index (χ4v) is 3.48. The van der Waals surface area contributed by atoms with Crippen molar-refractivity contribution in [3.8, 4) is 0 Å². The molecule has 0 aliphatic heterocycles. The molecule has 1 N–H and O–H groups in total. The van der Waals surface area contributed by atoms with Gasteiger partial charge in [0.1, 0.15) is 0 Å². The minimum absolute atomic E-state index is 0.470. The Morgan fingerprint density at radius 1 is 1.10 bits per heavy atom. The number of nitrogens with one attached hydrogen (secondary N) is 1. The molecule has 1 aromatic rings. The third-order valence-corrected chi connectivity index (χ3v) is 4.61. The topological polar surface area (TPSA) is 41.1 Å². The number of aromatic nitrogens is 2. The third-order valence-electron chi connectivity index (χ3n) is 4.61. The van der Waals surface area contributed by atoms with E-state index in [4.69, 9.17) is 4.98 Å². The molecule has 3 rings (SSSR count). The summed E-state index contributed by atoms with van der Waals surface area (Å²) in [5, 5.41) is 3.87. The van der Waals surface area contributed by atoms with Crippen LogP contribution < -0.4 is 10.2 Å². The molecule has 1 saturated carbocycles. The summed E-state index contributed by atoms with van der Waals surface area (Å²) >= 11 is 0. The SMILES string of the molecule is CN(C)c1ncc2c(n1)CCC[C@H]2NC1CCCCC1. The molecule has 110 valence electrons. The average Bonchev–Trinajstić information content (AvgIpc) is 2.48. The van der Waals surface area contributed by atoms with Crippen LogP contribution in [0.5, 0.6) is 0 Å². The van der Waals surface area contributed by atoms with Crippen LogP contribution in [0.15, 0.2) is 6.20 Å². The predicted molar refractivity (Wildman–Crippen MR) is 82.0 cm³/mol. The number of hydrogen-bond donors (Lipinski definition) is 1. The van der Waals surface area contributed by atoms with E-state index in [2.05, 4.69) is 16.5 Å².